The van der Waals surface area contributed by atoms with Crippen LogP contribution in [0.5, 0.6) is 5.75 Å². The number of aryl methyl sites for hydroxylation is 2. The SMILES string of the molecule is CCc1ccc(OCCCn2nnc(CN)c2C(C)(C)C)cc1. The van der Waals surface area contributed by atoms with Crippen molar-refractivity contribution >= 4 is 0 Å². The van der Waals surface area contributed by atoms with Gasteiger partial charge in [-0.3, -0.25) is 0 Å². The maximum absolute atomic E-state index is 5.80. The summed E-state index contributed by atoms with van der Waals surface area (Å²) in [5, 5.41) is 8.46. The number of nitrogens with two attached hydrogens (primary N) is 1. The fraction of sp³-hybridized carbons (Fsp3) is 0.556. The highest BCUT2D eigenvalue weighted by atomic mass is 16.5. The minimum absolute atomic E-state index is 0.0188. The van der Waals surface area contributed by atoms with Crippen LogP contribution in [-0.4, -0.2) is 21.6 Å². The third kappa shape index (κ3) is 4.55. The topological polar surface area (TPSA) is 66.0 Å². The van der Waals surface area contributed by atoms with Gasteiger partial charge < -0.3 is 10.5 Å². The zero-order valence-corrected chi connectivity index (χ0v) is 14.7. The van der Waals surface area contributed by atoms with Crippen molar-refractivity contribution in [2.24, 2.45) is 5.73 Å². The molecule has 2 aromatic rings. The smallest absolute Gasteiger partial charge is 0.119 e. The average Bonchev–Trinajstić information content (AvgIpc) is 2.95. The molecule has 126 valence electrons. The lowest BCUT2D eigenvalue weighted by Gasteiger charge is -2.21. The van der Waals surface area contributed by atoms with Gasteiger partial charge in [-0.2, -0.15) is 0 Å². The molecule has 23 heavy (non-hydrogen) atoms. The number of hydrogen-bond donors (Lipinski definition) is 1. The van der Waals surface area contributed by atoms with E-state index in [1.54, 1.807) is 0 Å². The fourth-order valence-electron chi connectivity index (χ4n) is 2.69. The van der Waals surface area contributed by atoms with Gasteiger partial charge in [0.2, 0.25) is 0 Å². The Bertz CT molecular complexity index is 611. The molecule has 0 fully saturated rings. The lowest BCUT2D eigenvalue weighted by Crippen LogP contribution is -2.22. The quantitative estimate of drug-likeness (QED) is 0.797. The molecule has 0 atom stereocenters. The molecule has 5 heteroatoms. The molecule has 5 nitrogen and oxygen atoms in total. The van der Waals surface area contributed by atoms with Gasteiger partial charge in [0.1, 0.15) is 5.75 Å². The predicted molar refractivity (Wildman–Crippen MR) is 92.5 cm³/mol. The van der Waals surface area contributed by atoms with E-state index in [9.17, 15) is 0 Å². The Morgan fingerprint density at radius 2 is 1.87 bits per heavy atom. The third-order valence-corrected chi connectivity index (χ3v) is 3.82. The van der Waals surface area contributed by atoms with Crippen molar-refractivity contribution in [3.63, 3.8) is 0 Å². The summed E-state index contributed by atoms with van der Waals surface area (Å²) in [5.74, 6) is 0.916. The molecule has 0 saturated carbocycles. The Morgan fingerprint density at radius 3 is 2.43 bits per heavy atom. The lowest BCUT2D eigenvalue weighted by molar-refractivity contribution is 0.294. The van der Waals surface area contributed by atoms with Crippen LogP contribution in [0.2, 0.25) is 0 Å². The Hall–Kier alpha value is -1.88. The van der Waals surface area contributed by atoms with E-state index in [0.29, 0.717) is 13.2 Å². The van der Waals surface area contributed by atoms with Gasteiger partial charge >= 0.3 is 0 Å². The molecule has 0 radical (unpaired) electrons. The number of benzene rings is 1. The molecular weight excluding hydrogens is 288 g/mol. The van der Waals surface area contributed by atoms with Crippen LogP contribution in [0.4, 0.5) is 0 Å². The van der Waals surface area contributed by atoms with Crippen LogP contribution in [0.15, 0.2) is 24.3 Å². The summed E-state index contributed by atoms with van der Waals surface area (Å²) in [7, 11) is 0. The normalized spacial score (nSPS) is 11.7. The van der Waals surface area contributed by atoms with Crippen LogP contribution in [-0.2, 0) is 24.9 Å². The molecule has 2 rings (SSSR count). The molecule has 1 aromatic carbocycles. The Kier molecular flexibility index (Phi) is 5.77. The van der Waals surface area contributed by atoms with Crippen LogP contribution in [0, 0.1) is 0 Å². The largest absolute Gasteiger partial charge is 0.494 e. The Balaban J connectivity index is 1.90. The molecule has 0 unspecified atom stereocenters. The van der Waals surface area contributed by atoms with Gasteiger partial charge in [0.05, 0.1) is 18.0 Å². The lowest BCUT2D eigenvalue weighted by atomic mass is 9.90. The molecule has 0 aliphatic rings. The van der Waals surface area contributed by atoms with Crippen molar-refractivity contribution in [3.8, 4) is 5.75 Å². The first-order valence-corrected chi connectivity index (χ1v) is 8.30. The minimum Gasteiger partial charge on any atom is -0.494 e. The van der Waals surface area contributed by atoms with Crippen LogP contribution < -0.4 is 10.5 Å². The first-order chi connectivity index (χ1) is 11.0. The molecular formula is C18H28N4O. The van der Waals surface area contributed by atoms with E-state index in [4.69, 9.17) is 10.5 Å². The number of aromatic nitrogens is 3. The van der Waals surface area contributed by atoms with Gasteiger partial charge in [-0.05, 0) is 24.1 Å². The molecule has 0 aliphatic carbocycles. The second-order valence-electron chi connectivity index (χ2n) is 6.76. The summed E-state index contributed by atoms with van der Waals surface area (Å²) >= 11 is 0. The number of nitrogens with zero attached hydrogens (tertiary/aromatic N) is 3. The highest BCUT2D eigenvalue weighted by Gasteiger charge is 2.24. The molecule has 0 bridgehead atoms. The highest BCUT2D eigenvalue weighted by molar-refractivity contribution is 5.27. The highest BCUT2D eigenvalue weighted by Crippen LogP contribution is 2.24. The van der Waals surface area contributed by atoms with Crippen molar-refractivity contribution in [2.45, 2.75) is 59.0 Å². The second kappa shape index (κ2) is 7.59. The molecule has 0 saturated heterocycles. The average molecular weight is 316 g/mol. The minimum atomic E-state index is -0.0188. The third-order valence-electron chi connectivity index (χ3n) is 3.82. The molecule has 1 heterocycles. The van der Waals surface area contributed by atoms with Crippen molar-refractivity contribution in [1.29, 1.82) is 0 Å². The predicted octanol–water partition coefficient (Wildman–Crippen LogP) is 3.07. The van der Waals surface area contributed by atoms with E-state index in [1.807, 2.05) is 16.8 Å². The van der Waals surface area contributed by atoms with E-state index in [-0.39, 0.29) is 5.41 Å². The van der Waals surface area contributed by atoms with Gasteiger partial charge in [-0.15, -0.1) is 5.10 Å². The standard InChI is InChI=1S/C18H28N4O/c1-5-14-7-9-15(10-8-14)23-12-6-11-22-17(18(2,3)4)16(13-19)20-21-22/h7-10H,5-6,11-13,19H2,1-4H3. The summed E-state index contributed by atoms with van der Waals surface area (Å²) in [6.07, 6.45) is 1.93. The molecule has 0 amide bonds. The zero-order valence-electron chi connectivity index (χ0n) is 14.7. The second-order valence-corrected chi connectivity index (χ2v) is 6.76. The van der Waals surface area contributed by atoms with Crippen molar-refractivity contribution in [3.05, 3.63) is 41.2 Å². The molecule has 1 aromatic heterocycles. The van der Waals surface area contributed by atoms with Crippen molar-refractivity contribution in [1.82, 2.24) is 15.0 Å². The number of rotatable bonds is 7. The van der Waals surface area contributed by atoms with E-state index in [2.05, 4.69) is 50.1 Å². The number of hydrogen-bond acceptors (Lipinski definition) is 4. The van der Waals surface area contributed by atoms with Crippen molar-refractivity contribution in [2.75, 3.05) is 6.61 Å². The summed E-state index contributed by atoms with van der Waals surface area (Å²) < 4.78 is 7.76. The summed E-state index contributed by atoms with van der Waals surface area (Å²) in [5.41, 5.74) is 9.08. The van der Waals surface area contributed by atoms with E-state index in [0.717, 1.165) is 36.5 Å². The van der Waals surface area contributed by atoms with Crippen molar-refractivity contribution < 1.29 is 4.74 Å². The maximum Gasteiger partial charge on any atom is 0.119 e. The Morgan fingerprint density at radius 1 is 1.17 bits per heavy atom. The summed E-state index contributed by atoms with van der Waals surface area (Å²) in [4.78, 5) is 0. The van der Waals surface area contributed by atoms with Gasteiger partial charge in [0.25, 0.3) is 0 Å². The van der Waals surface area contributed by atoms with Gasteiger partial charge in [-0.1, -0.05) is 45.0 Å². The summed E-state index contributed by atoms with van der Waals surface area (Å²) in [6, 6.07) is 8.28. The fourth-order valence-corrected chi connectivity index (χ4v) is 2.69. The summed E-state index contributed by atoms with van der Waals surface area (Å²) in [6.45, 7) is 10.5. The molecule has 2 N–H and O–H groups in total. The Labute approximate surface area is 138 Å². The van der Waals surface area contributed by atoms with Crippen LogP contribution >= 0.6 is 0 Å². The maximum atomic E-state index is 5.80. The van der Waals surface area contributed by atoms with E-state index >= 15 is 0 Å². The number of ether oxygens (including phenoxy) is 1. The van der Waals surface area contributed by atoms with Gasteiger partial charge in [0, 0.05) is 24.9 Å². The van der Waals surface area contributed by atoms with Crippen LogP contribution in [0.3, 0.4) is 0 Å². The van der Waals surface area contributed by atoms with Crippen LogP contribution in [0.25, 0.3) is 0 Å². The monoisotopic (exact) mass is 316 g/mol. The first-order valence-electron chi connectivity index (χ1n) is 8.30. The van der Waals surface area contributed by atoms with E-state index < -0.39 is 0 Å². The van der Waals surface area contributed by atoms with Gasteiger partial charge in [0.15, 0.2) is 0 Å². The molecule has 0 aliphatic heterocycles. The van der Waals surface area contributed by atoms with Crippen LogP contribution in [0.1, 0.15) is 51.1 Å². The van der Waals surface area contributed by atoms with E-state index in [1.165, 1.54) is 5.56 Å². The van der Waals surface area contributed by atoms with Gasteiger partial charge in [-0.25, -0.2) is 4.68 Å². The zero-order chi connectivity index (χ0) is 16.9. The first kappa shape index (κ1) is 17.5. The molecule has 0 spiro atoms.